The summed E-state index contributed by atoms with van der Waals surface area (Å²) in [5, 5.41) is 11.1. The minimum Gasteiger partial charge on any atom is -0.396 e. The molecular weight excluding hydrogens is 142 g/mol. The summed E-state index contributed by atoms with van der Waals surface area (Å²) in [7, 11) is 0. The van der Waals surface area contributed by atoms with Gasteiger partial charge in [-0.25, -0.2) is 0 Å². The topological polar surface area (TPSA) is 32.7 Å². The zero-order chi connectivity index (χ0) is 7.68. The van der Waals surface area contributed by atoms with Crippen LogP contribution in [-0.4, -0.2) is 36.0 Å². The molecule has 0 aliphatic carbocycles. The van der Waals surface area contributed by atoms with Crippen LogP contribution in [0.4, 0.5) is 0 Å². The number of rotatable bonds is 1. The third-order valence-electron chi connectivity index (χ3n) is 2.73. The molecule has 2 saturated heterocycles. The first-order valence-corrected chi connectivity index (χ1v) is 4.42. The Morgan fingerprint density at radius 1 is 1.45 bits per heavy atom. The molecule has 0 saturated carbocycles. The SMILES string of the molecule is OCC1CON2CCCCC12. The van der Waals surface area contributed by atoms with E-state index in [0.717, 1.165) is 13.2 Å². The zero-order valence-electron chi connectivity index (χ0n) is 6.70. The summed E-state index contributed by atoms with van der Waals surface area (Å²) in [6.07, 6.45) is 3.74. The highest BCUT2D eigenvalue weighted by Gasteiger charge is 2.36. The van der Waals surface area contributed by atoms with E-state index >= 15 is 0 Å². The largest absolute Gasteiger partial charge is 0.396 e. The molecule has 0 aromatic rings. The molecule has 0 bridgehead atoms. The van der Waals surface area contributed by atoms with Crippen molar-refractivity contribution in [2.75, 3.05) is 19.8 Å². The summed E-state index contributed by atoms with van der Waals surface area (Å²) in [5.74, 6) is 0.371. The maximum Gasteiger partial charge on any atom is 0.0751 e. The first-order valence-electron chi connectivity index (χ1n) is 4.42. The number of hydroxylamine groups is 2. The molecule has 1 N–H and O–H groups in total. The Morgan fingerprint density at radius 3 is 3.18 bits per heavy atom. The molecule has 3 heteroatoms. The Labute approximate surface area is 66.9 Å². The van der Waals surface area contributed by atoms with Crippen LogP contribution in [0.3, 0.4) is 0 Å². The quantitative estimate of drug-likeness (QED) is 0.598. The molecule has 11 heavy (non-hydrogen) atoms. The highest BCUT2D eigenvalue weighted by Crippen LogP contribution is 2.28. The Kier molecular flexibility index (Phi) is 2.11. The second kappa shape index (κ2) is 3.09. The lowest BCUT2D eigenvalue weighted by molar-refractivity contribution is -0.142. The van der Waals surface area contributed by atoms with Crippen LogP contribution < -0.4 is 0 Å². The summed E-state index contributed by atoms with van der Waals surface area (Å²) in [5.41, 5.74) is 0. The molecule has 64 valence electrons. The molecule has 0 spiro atoms. The van der Waals surface area contributed by atoms with Crippen LogP contribution in [0, 0.1) is 5.92 Å². The average molecular weight is 157 g/mol. The molecule has 2 atom stereocenters. The second-order valence-corrected chi connectivity index (χ2v) is 3.44. The monoisotopic (exact) mass is 157 g/mol. The van der Waals surface area contributed by atoms with Gasteiger partial charge in [-0.3, -0.25) is 4.84 Å². The van der Waals surface area contributed by atoms with E-state index in [0.29, 0.717) is 12.0 Å². The van der Waals surface area contributed by atoms with E-state index < -0.39 is 0 Å². The molecule has 0 amide bonds. The maximum absolute atomic E-state index is 9.00. The van der Waals surface area contributed by atoms with Crippen molar-refractivity contribution in [1.82, 2.24) is 5.06 Å². The van der Waals surface area contributed by atoms with E-state index in [4.69, 9.17) is 9.94 Å². The van der Waals surface area contributed by atoms with Gasteiger partial charge in [-0.2, -0.15) is 5.06 Å². The lowest BCUT2D eigenvalue weighted by Gasteiger charge is -2.29. The van der Waals surface area contributed by atoms with Gasteiger partial charge in [0.2, 0.25) is 0 Å². The third kappa shape index (κ3) is 1.28. The number of piperidine rings is 1. The van der Waals surface area contributed by atoms with Crippen molar-refractivity contribution in [3.05, 3.63) is 0 Å². The van der Waals surface area contributed by atoms with Crippen molar-refractivity contribution in [1.29, 1.82) is 0 Å². The molecule has 0 aromatic carbocycles. The van der Waals surface area contributed by atoms with Crippen LogP contribution in [0.15, 0.2) is 0 Å². The van der Waals surface area contributed by atoms with Crippen molar-refractivity contribution in [3.8, 4) is 0 Å². The third-order valence-corrected chi connectivity index (χ3v) is 2.73. The smallest absolute Gasteiger partial charge is 0.0751 e. The van der Waals surface area contributed by atoms with Crippen LogP contribution in [0.25, 0.3) is 0 Å². The van der Waals surface area contributed by atoms with Crippen molar-refractivity contribution in [3.63, 3.8) is 0 Å². The molecule has 0 aromatic heterocycles. The molecule has 2 rings (SSSR count). The molecule has 3 nitrogen and oxygen atoms in total. The van der Waals surface area contributed by atoms with Gasteiger partial charge < -0.3 is 5.11 Å². The van der Waals surface area contributed by atoms with Crippen LogP contribution in [0.1, 0.15) is 19.3 Å². The van der Waals surface area contributed by atoms with Gasteiger partial charge in [0.05, 0.1) is 6.61 Å². The summed E-state index contributed by atoms with van der Waals surface area (Å²) < 4.78 is 0. The van der Waals surface area contributed by atoms with Crippen LogP contribution >= 0.6 is 0 Å². The van der Waals surface area contributed by atoms with Gasteiger partial charge in [0, 0.05) is 25.1 Å². The van der Waals surface area contributed by atoms with Gasteiger partial charge in [0.25, 0.3) is 0 Å². The molecular formula is C8H15NO2. The molecule has 2 heterocycles. The molecule has 2 fully saturated rings. The van der Waals surface area contributed by atoms with Crippen LogP contribution in [0.2, 0.25) is 0 Å². The van der Waals surface area contributed by atoms with Crippen LogP contribution in [0.5, 0.6) is 0 Å². The number of hydrogen-bond donors (Lipinski definition) is 1. The van der Waals surface area contributed by atoms with E-state index in [1.54, 1.807) is 0 Å². The molecule has 0 radical (unpaired) electrons. The number of nitrogens with zero attached hydrogens (tertiary/aromatic N) is 1. The fourth-order valence-electron chi connectivity index (χ4n) is 2.04. The predicted molar refractivity (Wildman–Crippen MR) is 40.9 cm³/mol. The van der Waals surface area contributed by atoms with E-state index in [2.05, 4.69) is 5.06 Å². The number of fused-ring (bicyclic) bond motifs is 1. The summed E-state index contributed by atoms with van der Waals surface area (Å²) in [4.78, 5) is 5.43. The van der Waals surface area contributed by atoms with E-state index in [-0.39, 0.29) is 6.61 Å². The van der Waals surface area contributed by atoms with Gasteiger partial charge in [-0.15, -0.1) is 0 Å². The standard InChI is InChI=1S/C8H15NO2/c10-5-7-6-11-9-4-2-1-3-8(7)9/h7-8,10H,1-6H2. The van der Waals surface area contributed by atoms with Gasteiger partial charge in [-0.05, 0) is 12.8 Å². The summed E-state index contributed by atoms with van der Waals surface area (Å²) in [6.45, 7) is 2.06. The molecule has 2 aliphatic rings. The second-order valence-electron chi connectivity index (χ2n) is 3.44. The van der Waals surface area contributed by atoms with Crippen molar-refractivity contribution < 1.29 is 9.94 Å². The molecule has 2 aliphatic heterocycles. The highest BCUT2D eigenvalue weighted by molar-refractivity contribution is 4.82. The maximum atomic E-state index is 9.00. The minimum atomic E-state index is 0.279. The lowest BCUT2D eigenvalue weighted by Crippen LogP contribution is -2.37. The van der Waals surface area contributed by atoms with Gasteiger partial charge in [-0.1, -0.05) is 6.42 Å². The first-order chi connectivity index (χ1) is 5.42. The van der Waals surface area contributed by atoms with Crippen molar-refractivity contribution >= 4 is 0 Å². The van der Waals surface area contributed by atoms with Gasteiger partial charge in [0.15, 0.2) is 0 Å². The summed E-state index contributed by atoms with van der Waals surface area (Å²) in [6, 6.07) is 0.508. The predicted octanol–water partition coefficient (Wildman–Crippen LogP) is 0.395. The number of aliphatic hydroxyl groups excluding tert-OH is 1. The van der Waals surface area contributed by atoms with Crippen LogP contribution in [-0.2, 0) is 4.84 Å². The lowest BCUT2D eigenvalue weighted by atomic mass is 9.94. The fourth-order valence-corrected chi connectivity index (χ4v) is 2.04. The van der Waals surface area contributed by atoms with E-state index in [1.165, 1.54) is 19.3 Å². The van der Waals surface area contributed by atoms with Crippen molar-refractivity contribution in [2.45, 2.75) is 25.3 Å². The Morgan fingerprint density at radius 2 is 2.36 bits per heavy atom. The number of hydrogen-bond acceptors (Lipinski definition) is 3. The Hall–Kier alpha value is -0.120. The van der Waals surface area contributed by atoms with Crippen molar-refractivity contribution in [2.24, 2.45) is 5.92 Å². The Balaban J connectivity index is 1.98. The zero-order valence-corrected chi connectivity index (χ0v) is 6.70. The highest BCUT2D eigenvalue weighted by atomic mass is 16.7. The molecule has 2 unspecified atom stereocenters. The fraction of sp³-hybridized carbons (Fsp3) is 1.00. The minimum absolute atomic E-state index is 0.279. The number of aliphatic hydroxyl groups is 1. The normalized spacial score (nSPS) is 39.0. The average Bonchev–Trinajstić information content (AvgIpc) is 2.47. The summed E-state index contributed by atoms with van der Waals surface area (Å²) >= 11 is 0. The van der Waals surface area contributed by atoms with E-state index in [9.17, 15) is 0 Å². The van der Waals surface area contributed by atoms with Gasteiger partial charge in [0.1, 0.15) is 0 Å². The van der Waals surface area contributed by atoms with Gasteiger partial charge >= 0.3 is 0 Å². The van der Waals surface area contributed by atoms with E-state index in [1.807, 2.05) is 0 Å². The first kappa shape index (κ1) is 7.53. The Bertz CT molecular complexity index is 134.